The molecule has 166 valence electrons. The number of amides is 1. The Kier molecular flexibility index (Phi) is 7.46. The van der Waals surface area contributed by atoms with Crippen LogP contribution in [0.3, 0.4) is 0 Å². The van der Waals surface area contributed by atoms with Crippen molar-refractivity contribution in [3.05, 3.63) is 96.1 Å². The minimum Gasteiger partial charge on any atom is -0.492 e. The van der Waals surface area contributed by atoms with Crippen LogP contribution in [0.4, 0.5) is 4.39 Å². The van der Waals surface area contributed by atoms with Gasteiger partial charge in [-0.25, -0.2) is 4.39 Å². The fraction of sp³-hybridized carbons (Fsp3) is 0.308. The number of ether oxygens (including phenoxy) is 1. The lowest BCUT2D eigenvalue weighted by Gasteiger charge is -2.32. The average Bonchev–Trinajstić information content (AvgIpc) is 2.85. The molecule has 3 aromatic rings. The maximum absolute atomic E-state index is 13.4. The van der Waals surface area contributed by atoms with Crippen LogP contribution < -0.4 is 10.1 Å². The molecule has 4 rings (SSSR count). The molecule has 0 spiro atoms. The van der Waals surface area contributed by atoms with Gasteiger partial charge in [0.05, 0.1) is 11.7 Å². The third-order valence-electron chi connectivity index (χ3n) is 5.85. The summed E-state index contributed by atoms with van der Waals surface area (Å²) in [7, 11) is 0. The quantitative estimate of drug-likeness (QED) is 0.578. The number of carbonyl (C=O) groups excluding carboxylic acids is 1. The number of hydrogen-bond donors (Lipinski definition) is 1. The van der Waals surface area contributed by atoms with E-state index in [1.165, 1.54) is 12.1 Å². The molecule has 1 fully saturated rings. The molecule has 1 N–H and O–H groups in total. The Hall–Kier alpha value is -3.25. The lowest BCUT2D eigenvalue weighted by atomic mass is 9.94. The first-order chi connectivity index (χ1) is 15.7. The van der Waals surface area contributed by atoms with Crippen molar-refractivity contribution in [3.63, 3.8) is 0 Å². The monoisotopic (exact) mass is 433 g/mol. The first-order valence-electron chi connectivity index (χ1n) is 11.1. The largest absolute Gasteiger partial charge is 0.492 e. The van der Waals surface area contributed by atoms with Gasteiger partial charge in [0.25, 0.3) is 0 Å². The second-order valence-corrected chi connectivity index (χ2v) is 8.03. The molecule has 1 atom stereocenters. The fourth-order valence-electron chi connectivity index (χ4n) is 4.02. The van der Waals surface area contributed by atoms with Gasteiger partial charge in [0.2, 0.25) is 5.91 Å². The van der Waals surface area contributed by atoms with Crippen molar-refractivity contribution in [2.24, 2.45) is 5.92 Å². The van der Waals surface area contributed by atoms with Crippen LogP contribution >= 0.6 is 0 Å². The maximum Gasteiger partial charge on any atom is 0.224 e. The van der Waals surface area contributed by atoms with Gasteiger partial charge in [0.1, 0.15) is 18.2 Å². The molecular weight excluding hydrogens is 405 g/mol. The van der Waals surface area contributed by atoms with E-state index in [9.17, 15) is 9.18 Å². The highest BCUT2D eigenvalue weighted by atomic mass is 19.1. The fourth-order valence-corrected chi connectivity index (χ4v) is 4.02. The summed E-state index contributed by atoms with van der Waals surface area (Å²) >= 11 is 0. The van der Waals surface area contributed by atoms with Gasteiger partial charge in [-0.15, -0.1) is 0 Å². The predicted molar refractivity (Wildman–Crippen MR) is 122 cm³/mol. The van der Waals surface area contributed by atoms with Crippen LogP contribution in [0.2, 0.25) is 0 Å². The molecular formula is C26H28FN3O2. The molecule has 0 aliphatic carbocycles. The van der Waals surface area contributed by atoms with Crippen LogP contribution in [0, 0.1) is 11.7 Å². The first kappa shape index (κ1) is 22.0. The van der Waals surface area contributed by atoms with Gasteiger partial charge >= 0.3 is 0 Å². The first-order valence-corrected chi connectivity index (χ1v) is 11.1. The lowest BCUT2D eigenvalue weighted by Crippen LogP contribution is -2.42. The van der Waals surface area contributed by atoms with Crippen molar-refractivity contribution in [1.82, 2.24) is 15.2 Å². The van der Waals surface area contributed by atoms with E-state index in [-0.39, 0.29) is 17.6 Å². The Morgan fingerprint density at radius 3 is 2.44 bits per heavy atom. The number of nitrogens with one attached hydrogen (secondary N) is 1. The van der Waals surface area contributed by atoms with Gasteiger partial charge in [0.15, 0.2) is 0 Å². The van der Waals surface area contributed by atoms with Crippen molar-refractivity contribution in [2.75, 3.05) is 26.2 Å². The zero-order valence-electron chi connectivity index (χ0n) is 18.0. The zero-order valence-corrected chi connectivity index (χ0v) is 18.0. The number of likely N-dealkylation sites (tertiary alicyclic amines) is 1. The molecule has 6 heteroatoms. The van der Waals surface area contributed by atoms with Gasteiger partial charge < -0.3 is 10.1 Å². The van der Waals surface area contributed by atoms with E-state index in [0.717, 1.165) is 49.5 Å². The minimum absolute atomic E-state index is 0.0187. The molecule has 1 aliphatic heterocycles. The summed E-state index contributed by atoms with van der Waals surface area (Å²) in [5.74, 6) is 0.546. The van der Waals surface area contributed by atoms with Crippen LogP contribution in [0.1, 0.15) is 30.1 Å². The Morgan fingerprint density at radius 1 is 1.03 bits per heavy atom. The van der Waals surface area contributed by atoms with E-state index in [1.54, 1.807) is 18.3 Å². The molecule has 2 heterocycles. The smallest absolute Gasteiger partial charge is 0.224 e. The molecule has 32 heavy (non-hydrogen) atoms. The van der Waals surface area contributed by atoms with Crippen LogP contribution in [0.25, 0.3) is 0 Å². The number of benzene rings is 2. The number of para-hydroxylation sites is 1. The number of nitrogens with zero attached hydrogens (tertiary/aromatic N) is 2. The summed E-state index contributed by atoms with van der Waals surface area (Å²) < 4.78 is 19.2. The molecule has 1 saturated heterocycles. The number of halogens is 1. The van der Waals surface area contributed by atoms with E-state index < -0.39 is 6.04 Å². The molecule has 1 aromatic heterocycles. The number of rotatable bonds is 8. The van der Waals surface area contributed by atoms with Crippen molar-refractivity contribution in [1.29, 1.82) is 0 Å². The van der Waals surface area contributed by atoms with Gasteiger partial charge in [-0.3, -0.25) is 14.7 Å². The highest BCUT2D eigenvalue weighted by molar-refractivity contribution is 5.79. The molecule has 1 amide bonds. The van der Waals surface area contributed by atoms with Gasteiger partial charge in [0, 0.05) is 18.7 Å². The van der Waals surface area contributed by atoms with E-state index in [0.29, 0.717) is 6.61 Å². The van der Waals surface area contributed by atoms with Crippen LogP contribution in [-0.4, -0.2) is 42.0 Å². The van der Waals surface area contributed by atoms with E-state index >= 15 is 0 Å². The maximum atomic E-state index is 13.4. The van der Waals surface area contributed by atoms with Gasteiger partial charge in [-0.05, 0) is 67.9 Å². The highest BCUT2D eigenvalue weighted by Crippen LogP contribution is 2.24. The standard InChI is InChI=1S/C26H28FN3O2/c27-22-11-9-20(10-12-22)25(24-8-4-5-15-28-24)29-26(31)21-13-16-30(17-14-21)18-19-32-23-6-2-1-3-7-23/h1-12,15,21,25H,13-14,16-19H2,(H,29,31)/t25-/m0/s1. The van der Waals surface area contributed by atoms with E-state index in [4.69, 9.17) is 4.74 Å². The summed E-state index contributed by atoms with van der Waals surface area (Å²) in [5, 5.41) is 3.15. The third kappa shape index (κ3) is 5.92. The summed E-state index contributed by atoms with van der Waals surface area (Å²) in [4.78, 5) is 19.8. The molecule has 2 aromatic carbocycles. The van der Waals surface area contributed by atoms with Crippen LogP contribution in [0.5, 0.6) is 5.75 Å². The summed E-state index contributed by atoms with van der Waals surface area (Å²) in [6.45, 7) is 3.20. The van der Waals surface area contributed by atoms with Crippen LogP contribution in [-0.2, 0) is 4.79 Å². The SMILES string of the molecule is O=C(N[C@@H](c1ccc(F)cc1)c1ccccn1)C1CCN(CCOc2ccccc2)CC1. The Morgan fingerprint density at radius 2 is 1.75 bits per heavy atom. The van der Waals surface area contributed by atoms with E-state index in [2.05, 4.69) is 15.2 Å². The second kappa shape index (κ2) is 10.9. The number of pyridine rings is 1. The second-order valence-electron chi connectivity index (χ2n) is 8.03. The Bertz CT molecular complexity index is 975. The van der Waals surface area contributed by atoms with E-state index in [1.807, 2.05) is 48.5 Å². The van der Waals surface area contributed by atoms with Crippen LogP contribution in [0.15, 0.2) is 79.0 Å². The predicted octanol–water partition coefficient (Wildman–Crippen LogP) is 4.22. The normalized spacial score (nSPS) is 15.8. The van der Waals surface area contributed by atoms with Gasteiger partial charge in [-0.2, -0.15) is 0 Å². The number of carbonyl (C=O) groups is 1. The average molecular weight is 434 g/mol. The van der Waals surface area contributed by atoms with Crippen molar-refractivity contribution < 1.29 is 13.9 Å². The topological polar surface area (TPSA) is 54.5 Å². The van der Waals surface area contributed by atoms with Gasteiger partial charge in [-0.1, -0.05) is 36.4 Å². The molecule has 0 bridgehead atoms. The number of aromatic nitrogens is 1. The molecule has 0 unspecified atom stereocenters. The minimum atomic E-state index is -0.401. The highest BCUT2D eigenvalue weighted by Gasteiger charge is 2.27. The summed E-state index contributed by atoms with van der Waals surface area (Å²) in [5.41, 5.74) is 1.55. The molecule has 1 aliphatic rings. The Labute approximate surface area is 188 Å². The van der Waals surface area contributed by atoms with Crippen molar-refractivity contribution in [2.45, 2.75) is 18.9 Å². The number of hydrogen-bond acceptors (Lipinski definition) is 4. The zero-order chi connectivity index (χ0) is 22.2. The molecule has 0 saturated carbocycles. The van der Waals surface area contributed by atoms with Crippen molar-refractivity contribution >= 4 is 5.91 Å². The summed E-state index contributed by atoms with van der Waals surface area (Å²) in [6.07, 6.45) is 3.30. The summed E-state index contributed by atoms with van der Waals surface area (Å²) in [6, 6.07) is 21.2. The van der Waals surface area contributed by atoms with Crippen molar-refractivity contribution in [3.8, 4) is 5.75 Å². The third-order valence-corrected chi connectivity index (χ3v) is 5.85. The Balaban J connectivity index is 1.31. The number of piperidine rings is 1. The molecule has 5 nitrogen and oxygen atoms in total. The lowest BCUT2D eigenvalue weighted by molar-refractivity contribution is -0.127. The molecule has 0 radical (unpaired) electrons.